The molecule has 21 heavy (non-hydrogen) atoms. The van der Waals surface area contributed by atoms with E-state index in [1.807, 2.05) is 0 Å². The van der Waals surface area contributed by atoms with E-state index < -0.39 is 11.6 Å². The second-order valence-corrected chi connectivity index (χ2v) is 5.27. The Kier molecular flexibility index (Phi) is 3.77. The summed E-state index contributed by atoms with van der Waals surface area (Å²) in [5.74, 6) is -0.327. The van der Waals surface area contributed by atoms with Gasteiger partial charge < -0.3 is 15.0 Å². The van der Waals surface area contributed by atoms with Crippen LogP contribution in [0.5, 0.6) is 0 Å². The molecule has 112 valence electrons. The molecule has 0 radical (unpaired) electrons. The van der Waals surface area contributed by atoms with Gasteiger partial charge in [-0.3, -0.25) is 0 Å². The molecule has 2 heterocycles. The molecular weight excluding hydrogens is 276 g/mol. The fourth-order valence-electron chi connectivity index (χ4n) is 2.38. The topological polar surface area (TPSA) is 36.9 Å². The minimum Gasteiger partial charge on any atom is -0.473 e. The first-order chi connectivity index (χ1) is 10.1. The first-order valence-electron chi connectivity index (χ1n) is 6.97. The first-order valence-corrected chi connectivity index (χ1v) is 6.97. The summed E-state index contributed by atoms with van der Waals surface area (Å²) in [6, 6.07) is 4.46. The Morgan fingerprint density at radius 2 is 2.29 bits per heavy atom. The van der Waals surface area contributed by atoms with Gasteiger partial charge in [-0.2, -0.15) is 0 Å². The normalized spacial score (nSPS) is 21.1. The Bertz CT molecular complexity index is 601. The summed E-state index contributed by atoms with van der Waals surface area (Å²) in [5.41, 5.74) is 0.184. The van der Waals surface area contributed by atoms with E-state index >= 15 is 0 Å². The van der Waals surface area contributed by atoms with Gasteiger partial charge in [-0.1, -0.05) is 12.1 Å². The van der Waals surface area contributed by atoms with Crippen LogP contribution < -0.4 is 5.32 Å². The van der Waals surface area contributed by atoms with Crippen LogP contribution in [0.2, 0.25) is 0 Å². The van der Waals surface area contributed by atoms with E-state index in [0.717, 1.165) is 24.9 Å². The molecule has 4 nitrogen and oxygen atoms in total. The highest BCUT2D eigenvalue weighted by Gasteiger charge is 2.22. The zero-order valence-corrected chi connectivity index (χ0v) is 11.8. The van der Waals surface area contributed by atoms with E-state index in [-0.39, 0.29) is 12.2 Å². The summed E-state index contributed by atoms with van der Waals surface area (Å²) in [7, 11) is 0. The second-order valence-electron chi connectivity index (χ2n) is 5.27. The molecule has 0 aromatic heterocycles. The molecule has 0 aliphatic carbocycles. The number of nitrogens with one attached hydrogen (secondary N) is 1. The molecular formula is C15H17F2N3O. The Morgan fingerprint density at radius 1 is 1.43 bits per heavy atom. The molecule has 0 spiro atoms. The molecule has 0 amide bonds. The molecule has 2 aliphatic rings. The lowest BCUT2D eigenvalue weighted by Gasteiger charge is -2.36. The molecule has 1 fully saturated rings. The molecule has 0 saturated carbocycles. The number of nitrogens with zero attached hydrogens (tertiary/aromatic N) is 2. The van der Waals surface area contributed by atoms with Gasteiger partial charge in [0.1, 0.15) is 19.1 Å². The summed E-state index contributed by atoms with van der Waals surface area (Å²) in [6.45, 7) is 3.55. The van der Waals surface area contributed by atoms with Crippen LogP contribution in [0.3, 0.4) is 0 Å². The lowest BCUT2D eigenvalue weighted by Crippen LogP contribution is -2.46. The maximum atomic E-state index is 13.5. The highest BCUT2D eigenvalue weighted by molar-refractivity contribution is 5.88. The number of benzene rings is 1. The van der Waals surface area contributed by atoms with E-state index in [0.29, 0.717) is 18.6 Å². The molecule has 0 bridgehead atoms. The Morgan fingerprint density at radius 3 is 3.14 bits per heavy atom. The van der Waals surface area contributed by atoms with Crippen molar-refractivity contribution in [3.05, 3.63) is 47.3 Å². The SMILES string of the molecule is C[C@@H]1CCN2CN=C(OCc3cccc(F)c3F)C=C2N1. The third-order valence-corrected chi connectivity index (χ3v) is 3.63. The third-order valence-electron chi connectivity index (χ3n) is 3.63. The minimum absolute atomic E-state index is 0.0399. The summed E-state index contributed by atoms with van der Waals surface area (Å²) >= 11 is 0. The van der Waals surface area contributed by atoms with Gasteiger partial charge in [0.15, 0.2) is 11.6 Å². The highest BCUT2D eigenvalue weighted by Crippen LogP contribution is 2.17. The van der Waals surface area contributed by atoms with Crippen LogP contribution in [0.25, 0.3) is 0 Å². The highest BCUT2D eigenvalue weighted by atomic mass is 19.2. The largest absolute Gasteiger partial charge is 0.473 e. The van der Waals surface area contributed by atoms with Gasteiger partial charge in [-0.25, -0.2) is 13.8 Å². The molecule has 6 heteroatoms. The minimum atomic E-state index is -0.868. The molecule has 1 aromatic carbocycles. The van der Waals surface area contributed by atoms with Crippen molar-refractivity contribution in [1.82, 2.24) is 10.2 Å². The van der Waals surface area contributed by atoms with E-state index in [1.54, 1.807) is 6.08 Å². The predicted octanol–water partition coefficient (Wildman–Crippen LogP) is 2.38. The van der Waals surface area contributed by atoms with Crippen molar-refractivity contribution in [2.75, 3.05) is 13.2 Å². The van der Waals surface area contributed by atoms with Crippen LogP contribution in [-0.2, 0) is 11.3 Å². The quantitative estimate of drug-likeness (QED) is 0.909. The second kappa shape index (κ2) is 5.71. The van der Waals surface area contributed by atoms with Gasteiger partial charge in [0.05, 0.1) is 0 Å². The van der Waals surface area contributed by atoms with Crippen molar-refractivity contribution in [3.8, 4) is 0 Å². The average molecular weight is 293 g/mol. The predicted molar refractivity (Wildman–Crippen MR) is 75.5 cm³/mol. The summed E-state index contributed by atoms with van der Waals surface area (Å²) in [4.78, 5) is 6.41. The average Bonchev–Trinajstić information content (AvgIpc) is 2.48. The van der Waals surface area contributed by atoms with Crippen LogP contribution in [0, 0.1) is 11.6 Å². The molecule has 1 N–H and O–H groups in total. The maximum absolute atomic E-state index is 13.5. The van der Waals surface area contributed by atoms with Gasteiger partial charge in [0, 0.05) is 24.2 Å². The number of fused-ring (bicyclic) bond motifs is 1. The molecule has 3 rings (SSSR count). The number of aliphatic imine (C=N–C) groups is 1. The van der Waals surface area contributed by atoms with Gasteiger partial charge in [-0.05, 0) is 19.4 Å². The molecule has 0 unspecified atom stereocenters. The van der Waals surface area contributed by atoms with Crippen LogP contribution in [0.1, 0.15) is 18.9 Å². The fourth-order valence-corrected chi connectivity index (χ4v) is 2.38. The summed E-state index contributed by atoms with van der Waals surface area (Å²) < 4.78 is 32.2. The number of halogens is 2. The number of hydrogen-bond acceptors (Lipinski definition) is 4. The fraction of sp³-hybridized carbons (Fsp3) is 0.400. The Labute approximate surface area is 122 Å². The van der Waals surface area contributed by atoms with Gasteiger partial charge in [-0.15, -0.1) is 0 Å². The number of rotatable bonds is 2. The van der Waals surface area contributed by atoms with E-state index in [2.05, 4.69) is 22.1 Å². The number of hydrogen-bond donors (Lipinski definition) is 1. The molecule has 2 aliphatic heterocycles. The van der Waals surface area contributed by atoms with E-state index in [9.17, 15) is 8.78 Å². The zero-order chi connectivity index (χ0) is 14.8. The van der Waals surface area contributed by atoms with Crippen LogP contribution in [0.15, 0.2) is 35.1 Å². The third kappa shape index (κ3) is 2.99. The van der Waals surface area contributed by atoms with Crippen molar-refractivity contribution in [3.63, 3.8) is 0 Å². The van der Waals surface area contributed by atoms with Gasteiger partial charge in [0.25, 0.3) is 0 Å². The zero-order valence-electron chi connectivity index (χ0n) is 11.8. The van der Waals surface area contributed by atoms with Gasteiger partial charge in [0.2, 0.25) is 5.90 Å². The van der Waals surface area contributed by atoms with Crippen LogP contribution in [0.4, 0.5) is 8.78 Å². The van der Waals surface area contributed by atoms with Crippen molar-refractivity contribution in [2.24, 2.45) is 4.99 Å². The van der Waals surface area contributed by atoms with E-state index in [4.69, 9.17) is 4.74 Å². The Balaban J connectivity index is 1.66. The monoisotopic (exact) mass is 293 g/mol. The van der Waals surface area contributed by atoms with E-state index in [1.165, 1.54) is 12.1 Å². The van der Waals surface area contributed by atoms with Crippen molar-refractivity contribution >= 4 is 5.90 Å². The van der Waals surface area contributed by atoms with Crippen molar-refractivity contribution < 1.29 is 13.5 Å². The Hall–Kier alpha value is -2.11. The van der Waals surface area contributed by atoms with Gasteiger partial charge >= 0.3 is 0 Å². The maximum Gasteiger partial charge on any atom is 0.214 e. The first kappa shape index (κ1) is 13.9. The van der Waals surface area contributed by atoms with Crippen molar-refractivity contribution in [1.29, 1.82) is 0 Å². The molecule has 1 saturated heterocycles. The lowest BCUT2D eigenvalue weighted by molar-refractivity contribution is 0.236. The molecule has 1 atom stereocenters. The standard InChI is InChI=1S/C15H17F2N3O/c1-10-5-6-20-9-18-14(7-13(20)19-10)21-8-11-3-2-4-12(16)15(11)17/h2-4,7,10,19H,5-6,8-9H2,1H3/t10-/m1/s1. The summed E-state index contributed by atoms with van der Waals surface area (Å²) in [5, 5.41) is 3.36. The smallest absolute Gasteiger partial charge is 0.214 e. The van der Waals surface area contributed by atoms with Crippen molar-refractivity contribution in [2.45, 2.75) is 26.0 Å². The molecule has 1 aromatic rings. The van der Waals surface area contributed by atoms with Crippen LogP contribution in [-0.4, -0.2) is 30.1 Å². The summed E-state index contributed by atoms with van der Waals surface area (Å²) in [6.07, 6.45) is 2.87. The van der Waals surface area contributed by atoms with Crippen LogP contribution >= 0.6 is 0 Å². The lowest BCUT2D eigenvalue weighted by atomic mass is 10.1. The number of ether oxygens (including phenoxy) is 1.